The zero-order valence-corrected chi connectivity index (χ0v) is 20.3. The number of aliphatic hydroxyl groups is 1. The molecule has 2 amide bonds. The van der Waals surface area contributed by atoms with Crippen molar-refractivity contribution >= 4 is 12.0 Å². The van der Waals surface area contributed by atoms with E-state index in [1.54, 1.807) is 39.8 Å². The van der Waals surface area contributed by atoms with Gasteiger partial charge >= 0.3 is 6.09 Å². The number of methoxy groups -OCH3 is 1. The predicted octanol–water partition coefficient (Wildman–Crippen LogP) is 2.24. The number of hydrogen-bond acceptors (Lipinski definition) is 7. The molecule has 1 heterocycles. The van der Waals surface area contributed by atoms with Gasteiger partial charge in [0, 0.05) is 45.7 Å². The van der Waals surface area contributed by atoms with E-state index >= 15 is 0 Å². The van der Waals surface area contributed by atoms with Crippen LogP contribution in [0.15, 0.2) is 24.3 Å². The van der Waals surface area contributed by atoms with Crippen molar-refractivity contribution < 1.29 is 24.2 Å². The number of aliphatic hydroxyl groups excluding tert-OH is 1. The molecule has 1 fully saturated rings. The largest absolute Gasteiger partial charge is 0.497 e. The number of amides is 2. The van der Waals surface area contributed by atoms with Crippen LogP contribution in [-0.2, 0) is 16.1 Å². The molecule has 0 unspecified atom stereocenters. The lowest BCUT2D eigenvalue weighted by atomic mass is 10.0. The highest BCUT2D eigenvalue weighted by Gasteiger charge is 2.39. The Morgan fingerprint density at radius 1 is 1.21 bits per heavy atom. The average Bonchev–Trinajstić information content (AvgIpc) is 2.74. The number of piperazine rings is 1. The molecule has 0 aromatic heterocycles. The molecule has 0 saturated carbocycles. The molecule has 1 N–H and O–H groups in total. The van der Waals surface area contributed by atoms with Crippen molar-refractivity contribution in [2.75, 3.05) is 40.4 Å². The van der Waals surface area contributed by atoms with Gasteiger partial charge in [0.2, 0.25) is 5.91 Å². The van der Waals surface area contributed by atoms with Gasteiger partial charge in [0.05, 0.1) is 32.2 Å². The summed E-state index contributed by atoms with van der Waals surface area (Å²) in [5, 5.41) is 18.6. The third-order valence-corrected chi connectivity index (χ3v) is 5.58. The Bertz CT molecular complexity index is 831. The number of ether oxygens (including phenoxy) is 2. The summed E-state index contributed by atoms with van der Waals surface area (Å²) < 4.78 is 10.8. The summed E-state index contributed by atoms with van der Waals surface area (Å²) >= 11 is 0. The summed E-state index contributed by atoms with van der Waals surface area (Å²) in [7, 11) is 3.25. The third-order valence-electron chi connectivity index (χ3n) is 5.58. The van der Waals surface area contributed by atoms with Crippen LogP contribution in [-0.4, -0.2) is 89.9 Å². The fourth-order valence-corrected chi connectivity index (χ4v) is 3.82. The van der Waals surface area contributed by atoms with Crippen molar-refractivity contribution in [3.8, 4) is 11.8 Å². The molecule has 0 spiro atoms. The van der Waals surface area contributed by atoms with Gasteiger partial charge in [0.15, 0.2) is 0 Å². The first-order valence-corrected chi connectivity index (χ1v) is 11.2. The van der Waals surface area contributed by atoms with Crippen LogP contribution in [0.2, 0.25) is 0 Å². The number of likely N-dealkylation sites (N-methyl/N-ethyl adjacent to an activating group) is 1. The molecule has 9 nitrogen and oxygen atoms in total. The lowest BCUT2D eigenvalue weighted by molar-refractivity contribution is -0.132. The summed E-state index contributed by atoms with van der Waals surface area (Å²) in [6.07, 6.45) is -0.133. The second-order valence-corrected chi connectivity index (χ2v) is 9.32. The van der Waals surface area contributed by atoms with E-state index in [0.29, 0.717) is 19.6 Å². The van der Waals surface area contributed by atoms with Crippen molar-refractivity contribution in [1.29, 1.82) is 5.26 Å². The normalized spacial score (nSPS) is 19.0. The quantitative estimate of drug-likeness (QED) is 0.634. The Morgan fingerprint density at radius 3 is 2.42 bits per heavy atom. The van der Waals surface area contributed by atoms with E-state index in [1.807, 2.05) is 24.3 Å². The first kappa shape index (κ1) is 26.4. The molecule has 0 radical (unpaired) electrons. The van der Waals surface area contributed by atoms with Gasteiger partial charge < -0.3 is 24.4 Å². The highest BCUT2D eigenvalue weighted by atomic mass is 16.6. The molecule has 2 atom stereocenters. The Labute approximate surface area is 196 Å². The Morgan fingerprint density at radius 2 is 1.88 bits per heavy atom. The van der Waals surface area contributed by atoms with Crippen LogP contribution in [0.4, 0.5) is 4.79 Å². The maximum atomic E-state index is 13.0. The fraction of sp³-hybridized carbons (Fsp3) is 0.625. The molecule has 1 aromatic carbocycles. The Kier molecular flexibility index (Phi) is 9.50. The van der Waals surface area contributed by atoms with E-state index in [1.165, 1.54) is 4.90 Å². The number of carbonyl (C=O) groups excluding carboxylic acids is 2. The van der Waals surface area contributed by atoms with E-state index in [9.17, 15) is 20.0 Å². The van der Waals surface area contributed by atoms with Crippen molar-refractivity contribution in [2.24, 2.45) is 0 Å². The van der Waals surface area contributed by atoms with Gasteiger partial charge in [-0.2, -0.15) is 5.26 Å². The van der Waals surface area contributed by atoms with E-state index in [4.69, 9.17) is 9.47 Å². The average molecular weight is 461 g/mol. The Balaban J connectivity index is 2.27. The predicted molar refractivity (Wildman–Crippen MR) is 123 cm³/mol. The van der Waals surface area contributed by atoms with Crippen LogP contribution in [0.1, 0.15) is 39.2 Å². The van der Waals surface area contributed by atoms with Crippen molar-refractivity contribution in [3.05, 3.63) is 29.8 Å². The zero-order valence-electron chi connectivity index (χ0n) is 20.3. The van der Waals surface area contributed by atoms with Crippen molar-refractivity contribution in [1.82, 2.24) is 14.7 Å². The van der Waals surface area contributed by atoms with E-state index in [0.717, 1.165) is 11.3 Å². The van der Waals surface area contributed by atoms with Gasteiger partial charge in [-0.25, -0.2) is 4.79 Å². The molecule has 2 rings (SSSR count). The van der Waals surface area contributed by atoms with E-state index < -0.39 is 17.7 Å². The molecule has 1 aromatic rings. The lowest BCUT2D eigenvalue weighted by Gasteiger charge is -2.46. The van der Waals surface area contributed by atoms with Crippen LogP contribution in [0.5, 0.6) is 5.75 Å². The number of nitriles is 1. The standard InChI is InChI=1S/C24H36N4O5/c1-24(2,3)33-23(31)28-17-19(10-11-25)27(15-18-6-8-21(32-5)9-7-18)16-20(28)14-22(30)26(4)12-13-29/h6-9,19-20,29H,10,12-17H2,1-5H3/t19-,20+/m0/s1. The maximum absolute atomic E-state index is 13.0. The first-order valence-electron chi connectivity index (χ1n) is 11.2. The molecule has 0 aliphatic carbocycles. The van der Waals surface area contributed by atoms with E-state index in [2.05, 4.69) is 11.0 Å². The van der Waals surface area contributed by atoms with Gasteiger partial charge in [0.1, 0.15) is 11.4 Å². The van der Waals surface area contributed by atoms with Crippen LogP contribution >= 0.6 is 0 Å². The minimum absolute atomic E-state index is 0.105. The summed E-state index contributed by atoms with van der Waals surface area (Å²) in [5.74, 6) is 0.600. The van der Waals surface area contributed by atoms with Crippen molar-refractivity contribution in [2.45, 2.75) is 57.8 Å². The molecular formula is C24H36N4O5. The summed E-state index contributed by atoms with van der Waals surface area (Å²) in [5.41, 5.74) is 0.372. The van der Waals surface area contributed by atoms with Crippen LogP contribution in [0.25, 0.3) is 0 Å². The molecule has 1 saturated heterocycles. The Hall–Kier alpha value is -2.83. The third kappa shape index (κ3) is 7.91. The van der Waals surface area contributed by atoms with Gasteiger partial charge in [0.25, 0.3) is 0 Å². The highest BCUT2D eigenvalue weighted by Crippen LogP contribution is 2.25. The highest BCUT2D eigenvalue weighted by molar-refractivity contribution is 5.78. The molecule has 1 aliphatic heterocycles. The summed E-state index contributed by atoms with van der Waals surface area (Å²) in [6.45, 7) is 6.79. The first-order chi connectivity index (χ1) is 15.6. The van der Waals surface area contributed by atoms with Crippen LogP contribution in [0.3, 0.4) is 0 Å². The van der Waals surface area contributed by atoms with Crippen LogP contribution < -0.4 is 4.74 Å². The number of carbonyl (C=O) groups is 2. The minimum Gasteiger partial charge on any atom is -0.497 e. The number of rotatable bonds is 8. The topological polar surface area (TPSA) is 106 Å². The molecular weight excluding hydrogens is 424 g/mol. The second-order valence-electron chi connectivity index (χ2n) is 9.32. The maximum Gasteiger partial charge on any atom is 0.410 e. The van der Waals surface area contributed by atoms with E-state index in [-0.39, 0.29) is 37.9 Å². The lowest BCUT2D eigenvalue weighted by Crippen LogP contribution is -2.61. The van der Waals surface area contributed by atoms with Gasteiger partial charge in [-0.05, 0) is 38.5 Å². The SMILES string of the molecule is COc1ccc(CN2C[C@@H](CC(=O)N(C)CCO)N(C(=O)OC(C)(C)C)C[C@@H]2CC#N)cc1. The van der Waals surface area contributed by atoms with Gasteiger partial charge in [-0.3, -0.25) is 9.69 Å². The molecule has 0 bridgehead atoms. The smallest absolute Gasteiger partial charge is 0.410 e. The number of nitrogens with zero attached hydrogens (tertiary/aromatic N) is 4. The summed E-state index contributed by atoms with van der Waals surface area (Å²) in [6, 6.07) is 9.33. The minimum atomic E-state index is -0.676. The number of hydrogen-bond donors (Lipinski definition) is 1. The molecule has 1 aliphatic rings. The second kappa shape index (κ2) is 11.9. The molecule has 9 heteroatoms. The summed E-state index contributed by atoms with van der Waals surface area (Å²) in [4.78, 5) is 31.0. The van der Waals surface area contributed by atoms with Crippen LogP contribution in [0, 0.1) is 11.3 Å². The van der Waals surface area contributed by atoms with Gasteiger partial charge in [-0.15, -0.1) is 0 Å². The van der Waals surface area contributed by atoms with Crippen molar-refractivity contribution in [3.63, 3.8) is 0 Å². The molecule has 182 valence electrons. The zero-order chi connectivity index (χ0) is 24.6. The number of benzene rings is 1. The monoisotopic (exact) mass is 460 g/mol. The van der Waals surface area contributed by atoms with Gasteiger partial charge in [-0.1, -0.05) is 12.1 Å². The molecule has 33 heavy (non-hydrogen) atoms. The fourth-order valence-electron chi connectivity index (χ4n) is 3.82.